The van der Waals surface area contributed by atoms with Crippen molar-refractivity contribution in [3.8, 4) is 0 Å². The van der Waals surface area contributed by atoms with E-state index >= 15 is 0 Å². The number of anilines is 1. The van der Waals surface area contributed by atoms with Crippen molar-refractivity contribution in [2.24, 2.45) is 0 Å². The molecule has 1 aromatic heterocycles. The average molecular weight is 216 g/mol. The molecule has 0 amide bonds. The molecule has 0 spiro atoms. The fourth-order valence-electron chi connectivity index (χ4n) is 1.83. The van der Waals surface area contributed by atoms with E-state index in [0.717, 1.165) is 22.3 Å². The molecule has 0 saturated carbocycles. The Bertz CT molecular complexity index is 521. The maximum atomic E-state index is 9.33. The zero-order valence-corrected chi connectivity index (χ0v) is 9.86. The van der Waals surface area contributed by atoms with Crippen LogP contribution in [0.4, 0.5) is 5.82 Å². The molecular weight excluding hydrogens is 200 g/mol. The van der Waals surface area contributed by atoms with E-state index in [1.807, 2.05) is 37.2 Å². The molecule has 1 heterocycles. The molecule has 2 rings (SSSR count). The zero-order valence-electron chi connectivity index (χ0n) is 9.86. The Balaban J connectivity index is 2.70. The van der Waals surface area contributed by atoms with Crippen molar-refractivity contribution in [3.05, 3.63) is 35.4 Å². The smallest absolute Gasteiger partial charge is 0.134 e. The van der Waals surface area contributed by atoms with E-state index in [0.29, 0.717) is 0 Å². The van der Waals surface area contributed by atoms with Crippen LogP contribution in [0.3, 0.4) is 0 Å². The Hall–Kier alpha value is -1.61. The van der Waals surface area contributed by atoms with Gasteiger partial charge in [-0.05, 0) is 25.1 Å². The SMILES string of the molecule is Cc1ccc2nc(N(C)C)c(CO)cc2c1. The van der Waals surface area contributed by atoms with Gasteiger partial charge < -0.3 is 10.0 Å². The van der Waals surface area contributed by atoms with Crippen LogP contribution in [-0.2, 0) is 6.61 Å². The first kappa shape index (κ1) is 10.9. The molecule has 0 radical (unpaired) electrons. The molecule has 0 bridgehead atoms. The van der Waals surface area contributed by atoms with E-state index in [1.165, 1.54) is 5.56 Å². The maximum Gasteiger partial charge on any atom is 0.134 e. The summed E-state index contributed by atoms with van der Waals surface area (Å²) in [5.74, 6) is 0.832. The topological polar surface area (TPSA) is 36.4 Å². The summed E-state index contributed by atoms with van der Waals surface area (Å²) in [7, 11) is 3.86. The van der Waals surface area contributed by atoms with Crippen LogP contribution in [0.25, 0.3) is 10.9 Å². The van der Waals surface area contributed by atoms with Crippen LogP contribution in [0.1, 0.15) is 11.1 Å². The van der Waals surface area contributed by atoms with E-state index in [-0.39, 0.29) is 6.61 Å². The standard InChI is InChI=1S/C13H16N2O/c1-9-4-5-12-10(6-9)7-11(8-16)13(14-12)15(2)3/h4-7,16H,8H2,1-3H3. The van der Waals surface area contributed by atoms with Gasteiger partial charge in [0.05, 0.1) is 12.1 Å². The Morgan fingerprint density at radius 1 is 1.25 bits per heavy atom. The lowest BCUT2D eigenvalue weighted by atomic mass is 10.1. The Labute approximate surface area is 95.3 Å². The lowest BCUT2D eigenvalue weighted by Gasteiger charge is -2.16. The zero-order chi connectivity index (χ0) is 11.7. The first-order chi connectivity index (χ1) is 7.61. The van der Waals surface area contributed by atoms with Gasteiger partial charge in [-0.1, -0.05) is 11.6 Å². The van der Waals surface area contributed by atoms with Crippen LogP contribution < -0.4 is 4.90 Å². The molecule has 3 nitrogen and oxygen atoms in total. The van der Waals surface area contributed by atoms with Gasteiger partial charge in [-0.2, -0.15) is 0 Å². The van der Waals surface area contributed by atoms with Gasteiger partial charge in [-0.3, -0.25) is 0 Å². The van der Waals surface area contributed by atoms with Gasteiger partial charge >= 0.3 is 0 Å². The van der Waals surface area contributed by atoms with Gasteiger partial charge in [0.1, 0.15) is 5.82 Å². The molecule has 0 atom stereocenters. The Kier molecular flexibility index (Phi) is 2.79. The molecule has 0 unspecified atom stereocenters. The molecule has 1 N–H and O–H groups in total. The van der Waals surface area contributed by atoms with Gasteiger partial charge in [-0.15, -0.1) is 0 Å². The highest BCUT2D eigenvalue weighted by molar-refractivity contribution is 5.82. The molecule has 0 fully saturated rings. The van der Waals surface area contributed by atoms with Crippen LogP contribution in [0, 0.1) is 6.92 Å². The van der Waals surface area contributed by atoms with E-state index in [9.17, 15) is 5.11 Å². The van der Waals surface area contributed by atoms with Gasteiger partial charge in [0.2, 0.25) is 0 Å². The molecule has 0 saturated heterocycles. The number of aliphatic hydroxyl groups is 1. The van der Waals surface area contributed by atoms with E-state index < -0.39 is 0 Å². The van der Waals surface area contributed by atoms with Gasteiger partial charge in [-0.25, -0.2) is 4.98 Å². The normalized spacial score (nSPS) is 10.8. The summed E-state index contributed by atoms with van der Waals surface area (Å²) < 4.78 is 0. The van der Waals surface area contributed by atoms with Crippen molar-refractivity contribution in [2.75, 3.05) is 19.0 Å². The number of nitrogens with zero attached hydrogens (tertiary/aromatic N) is 2. The second-order valence-corrected chi connectivity index (χ2v) is 4.22. The largest absolute Gasteiger partial charge is 0.392 e. The summed E-state index contributed by atoms with van der Waals surface area (Å²) in [6.07, 6.45) is 0. The quantitative estimate of drug-likeness (QED) is 0.835. The fraction of sp³-hybridized carbons (Fsp3) is 0.308. The number of rotatable bonds is 2. The van der Waals surface area contributed by atoms with Crippen LogP contribution in [0.5, 0.6) is 0 Å². The van der Waals surface area contributed by atoms with Crippen LogP contribution in [-0.4, -0.2) is 24.2 Å². The Morgan fingerprint density at radius 3 is 2.62 bits per heavy atom. The van der Waals surface area contributed by atoms with Crippen molar-refractivity contribution in [3.63, 3.8) is 0 Å². The van der Waals surface area contributed by atoms with Crippen molar-refractivity contribution in [2.45, 2.75) is 13.5 Å². The summed E-state index contributed by atoms with van der Waals surface area (Å²) in [6.45, 7) is 2.07. The van der Waals surface area contributed by atoms with Crippen molar-refractivity contribution in [1.82, 2.24) is 4.98 Å². The van der Waals surface area contributed by atoms with Gasteiger partial charge in [0.25, 0.3) is 0 Å². The fourth-order valence-corrected chi connectivity index (χ4v) is 1.83. The second-order valence-electron chi connectivity index (χ2n) is 4.22. The number of fused-ring (bicyclic) bond motifs is 1. The third-order valence-electron chi connectivity index (χ3n) is 2.62. The second kappa shape index (κ2) is 4.10. The molecule has 0 aliphatic heterocycles. The number of aryl methyl sites for hydroxylation is 1. The lowest BCUT2D eigenvalue weighted by molar-refractivity contribution is 0.282. The van der Waals surface area contributed by atoms with E-state index in [2.05, 4.69) is 18.0 Å². The minimum absolute atomic E-state index is 0.0182. The van der Waals surface area contributed by atoms with E-state index in [4.69, 9.17) is 0 Å². The highest BCUT2D eigenvalue weighted by atomic mass is 16.3. The molecule has 84 valence electrons. The molecule has 2 aromatic rings. The number of pyridine rings is 1. The summed E-state index contributed by atoms with van der Waals surface area (Å²) in [4.78, 5) is 6.47. The number of aliphatic hydroxyl groups excluding tert-OH is 1. The minimum atomic E-state index is 0.0182. The molecule has 0 aliphatic rings. The third-order valence-corrected chi connectivity index (χ3v) is 2.62. The maximum absolute atomic E-state index is 9.33. The first-order valence-corrected chi connectivity index (χ1v) is 5.30. The predicted molar refractivity (Wildman–Crippen MR) is 66.7 cm³/mol. The molecular formula is C13H16N2O. The molecule has 3 heteroatoms. The highest BCUT2D eigenvalue weighted by Gasteiger charge is 2.07. The van der Waals surface area contributed by atoms with Crippen molar-refractivity contribution in [1.29, 1.82) is 0 Å². The van der Waals surface area contributed by atoms with Crippen molar-refractivity contribution >= 4 is 16.7 Å². The number of hydrogen-bond donors (Lipinski definition) is 1. The number of benzene rings is 1. The molecule has 0 aliphatic carbocycles. The number of hydrogen-bond acceptors (Lipinski definition) is 3. The minimum Gasteiger partial charge on any atom is -0.392 e. The van der Waals surface area contributed by atoms with Crippen LogP contribution in [0.2, 0.25) is 0 Å². The molecule has 16 heavy (non-hydrogen) atoms. The summed E-state index contributed by atoms with van der Waals surface area (Å²) in [6, 6.07) is 8.15. The first-order valence-electron chi connectivity index (χ1n) is 5.30. The summed E-state index contributed by atoms with van der Waals surface area (Å²) >= 11 is 0. The predicted octanol–water partition coefficient (Wildman–Crippen LogP) is 2.10. The van der Waals surface area contributed by atoms with Crippen molar-refractivity contribution < 1.29 is 5.11 Å². The van der Waals surface area contributed by atoms with Crippen LogP contribution in [0.15, 0.2) is 24.3 Å². The Morgan fingerprint density at radius 2 is 2.00 bits per heavy atom. The lowest BCUT2D eigenvalue weighted by Crippen LogP contribution is -2.13. The third kappa shape index (κ3) is 1.86. The highest BCUT2D eigenvalue weighted by Crippen LogP contribution is 2.23. The van der Waals surface area contributed by atoms with Gasteiger partial charge in [0, 0.05) is 25.0 Å². The number of aromatic nitrogens is 1. The monoisotopic (exact) mass is 216 g/mol. The average Bonchev–Trinajstić information content (AvgIpc) is 2.26. The van der Waals surface area contributed by atoms with Gasteiger partial charge in [0.15, 0.2) is 0 Å². The van der Waals surface area contributed by atoms with Crippen LogP contribution >= 0.6 is 0 Å². The summed E-state index contributed by atoms with van der Waals surface area (Å²) in [5, 5.41) is 10.4. The molecule has 1 aromatic carbocycles. The van der Waals surface area contributed by atoms with E-state index in [1.54, 1.807) is 0 Å². The summed E-state index contributed by atoms with van der Waals surface area (Å²) in [5.41, 5.74) is 3.03.